The van der Waals surface area contributed by atoms with Gasteiger partial charge in [-0.2, -0.15) is 0 Å². The van der Waals surface area contributed by atoms with E-state index in [2.05, 4.69) is 139 Å². The molecule has 4 aromatic carbocycles. The van der Waals surface area contributed by atoms with E-state index in [1.54, 1.807) is 10.4 Å². The Morgan fingerprint density at radius 2 is 1.45 bits per heavy atom. The first-order valence-electron chi connectivity index (χ1n) is 16.2. The van der Waals surface area contributed by atoms with Gasteiger partial charge in [-0.15, -0.1) is 0 Å². The molecule has 0 radical (unpaired) electrons. The van der Waals surface area contributed by atoms with E-state index in [1.807, 2.05) is 0 Å². The van der Waals surface area contributed by atoms with Crippen molar-refractivity contribution in [2.24, 2.45) is 5.92 Å². The number of hydrogen-bond acceptors (Lipinski definition) is 0. The summed E-state index contributed by atoms with van der Waals surface area (Å²) in [5.74, 6) is 0.422. The normalized spacial score (nSPS) is 17.3. The summed E-state index contributed by atoms with van der Waals surface area (Å²) in [5.41, 5.74) is 11.1. The zero-order valence-corrected chi connectivity index (χ0v) is 35.2. The Labute approximate surface area is 281 Å². The Bertz CT molecular complexity index is 1780. The number of aryl methyl sites for hydroxylation is 1. The average molecular weight is 749 g/mol. The van der Waals surface area contributed by atoms with E-state index in [4.69, 9.17) is 17.0 Å². The van der Waals surface area contributed by atoms with Gasteiger partial charge in [-0.3, -0.25) is 0 Å². The second kappa shape index (κ2) is 11.8. The van der Waals surface area contributed by atoms with Crippen LogP contribution in [0.15, 0.2) is 78.4 Å². The van der Waals surface area contributed by atoms with Crippen molar-refractivity contribution < 1.29 is 17.9 Å². The van der Waals surface area contributed by atoms with E-state index < -0.39 is 43.5 Å². The third-order valence-corrected chi connectivity index (χ3v) is 28.4. The molecule has 2 atom stereocenters. The average Bonchev–Trinajstić information content (AvgIpc) is 3.54. The van der Waals surface area contributed by atoms with Crippen LogP contribution in [-0.2, 0) is 17.9 Å². The third kappa shape index (κ3) is 5.65. The van der Waals surface area contributed by atoms with Crippen molar-refractivity contribution in [3.63, 3.8) is 0 Å². The Morgan fingerprint density at radius 3 is 2.09 bits per heavy atom. The molecule has 0 fully saturated rings. The van der Waals surface area contributed by atoms with E-state index in [1.165, 1.54) is 58.2 Å². The van der Waals surface area contributed by atoms with Crippen LogP contribution < -0.4 is 24.0 Å². The molecule has 0 amide bonds. The summed E-state index contributed by atoms with van der Waals surface area (Å²) in [5, 5.41) is 6.13. The first-order valence-corrected chi connectivity index (χ1v) is 33.6. The quantitative estimate of drug-likeness (QED) is 0.148. The van der Waals surface area contributed by atoms with Gasteiger partial charge in [0.2, 0.25) is 0 Å². The van der Waals surface area contributed by atoms with Crippen molar-refractivity contribution in [1.82, 2.24) is 0 Å². The summed E-state index contributed by atoms with van der Waals surface area (Å²) in [6, 6.07) is 28.1. The van der Waals surface area contributed by atoms with Crippen molar-refractivity contribution in [3.05, 3.63) is 95.1 Å². The minimum absolute atomic E-state index is 0.109. The predicted octanol–water partition coefficient (Wildman–Crippen LogP) is 8.12. The molecule has 44 heavy (non-hydrogen) atoms. The van der Waals surface area contributed by atoms with Gasteiger partial charge in [0.05, 0.1) is 0 Å². The first-order chi connectivity index (χ1) is 20.6. The molecule has 0 saturated heterocycles. The Kier molecular flexibility index (Phi) is 8.73. The van der Waals surface area contributed by atoms with Crippen LogP contribution in [-0.4, -0.2) is 25.7 Å². The van der Waals surface area contributed by atoms with Gasteiger partial charge >= 0.3 is 284 Å². The fourth-order valence-corrected chi connectivity index (χ4v) is 26.7. The van der Waals surface area contributed by atoms with Gasteiger partial charge in [0, 0.05) is 0 Å². The van der Waals surface area contributed by atoms with Crippen molar-refractivity contribution >= 4 is 72.8 Å². The molecule has 0 N–H and O–H groups in total. The zero-order valence-electron chi connectivity index (χ0n) is 27.8. The van der Waals surface area contributed by atoms with Crippen LogP contribution >= 0.6 is 17.0 Å². The van der Waals surface area contributed by atoms with Crippen LogP contribution in [0.1, 0.15) is 40.6 Å². The van der Waals surface area contributed by atoms with Gasteiger partial charge < -0.3 is 0 Å². The van der Waals surface area contributed by atoms with Gasteiger partial charge in [-0.05, 0) is 0 Å². The summed E-state index contributed by atoms with van der Waals surface area (Å²) in [6.45, 7) is 21.8. The summed E-state index contributed by atoms with van der Waals surface area (Å²) < 4.78 is 1.43. The van der Waals surface area contributed by atoms with Gasteiger partial charge in [-0.1, -0.05) is 0 Å². The van der Waals surface area contributed by atoms with E-state index in [0.29, 0.717) is 5.92 Å². The Morgan fingerprint density at radius 1 is 0.818 bits per heavy atom. The topological polar surface area (TPSA) is 0 Å². The molecule has 2 unspecified atom stereocenters. The van der Waals surface area contributed by atoms with Crippen molar-refractivity contribution in [2.75, 3.05) is 0 Å². The molecule has 0 aromatic heterocycles. The molecule has 6 rings (SSSR count). The summed E-state index contributed by atoms with van der Waals surface area (Å²) in [7, 11) is 12.3. The third-order valence-electron chi connectivity index (χ3n) is 10.2. The van der Waals surface area contributed by atoms with Crippen molar-refractivity contribution in [3.8, 4) is 22.3 Å². The SMILES string of the molecule is CCC(C)C1=Cc2c(ccc(C)c2-c2cc([Si](C)(C)C)cc([Si](C)(C)C)c2)[CH]1[Zr]([Cl])([Cl])[c]1cccc2c1[SiH2]c1ccccc1-2. The molecule has 0 bridgehead atoms. The van der Waals surface area contributed by atoms with Gasteiger partial charge in [0.1, 0.15) is 0 Å². The molecular formula is C38H46Cl2Si3Zr. The van der Waals surface area contributed by atoms with Crippen LogP contribution in [0.5, 0.6) is 0 Å². The number of rotatable bonds is 7. The van der Waals surface area contributed by atoms with E-state index in [9.17, 15) is 0 Å². The van der Waals surface area contributed by atoms with E-state index in [0.717, 1.165) is 6.42 Å². The van der Waals surface area contributed by atoms with Crippen LogP contribution in [0.2, 0.25) is 39.3 Å². The number of allylic oxidation sites excluding steroid dienone is 1. The first kappa shape index (κ1) is 32.7. The second-order valence-corrected chi connectivity index (χ2v) is 41.2. The molecule has 4 aromatic rings. The molecule has 1 heterocycles. The molecular weight excluding hydrogens is 703 g/mol. The minimum atomic E-state index is -4.04. The van der Waals surface area contributed by atoms with Crippen molar-refractivity contribution in [2.45, 2.75) is 70.1 Å². The molecule has 1 aliphatic carbocycles. The molecule has 1 aliphatic heterocycles. The van der Waals surface area contributed by atoms with E-state index >= 15 is 0 Å². The van der Waals surface area contributed by atoms with Crippen LogP contribution in [0.25, 0.3) is 28.3 Å². The Hall–Kier alpha value is -1.27. The summed E-state index contributed by atoms with van der Waals surface area (Å²) in [4.78, 5) is 0. The fraction of sp³-hybridized carbons (Fsp3) is 0.316. The maximum atomic E-state index is 7.99. The Balaban J connectivity index is 1.57. The number of benzene rings is 4. The van der Waals surface area contributed by atoms with Crippen LogP contribution in [0.4, 0.5) is 0 Å². The summed E-state index contributed by atoms with van der Waals surface area (Å²) in [6.07, 6.45) is 3.61. The molecule has 2 aliphatic rings. The second-order valence-electron chi connectivity index (χ2n) is 15.2. The fourth-order valence-electron chi connectivity index (χ4n) is 7.29. The van der Waals surface area contributed by atoms with Gasteiger partial charge in [-0.25, -0.2) is 0 Å². The molecule has 228 valence electrons. The molecule has 6 heteroatoms. The van der Waals surface area contributed by atoms with Crippen LogP contribution in [0.3, 0.4) is 0 Å². The predicted molar refractivity (Wildman–Crippen MR) is 204 cm³/mol. The maximum absolute atomic E-state index is 7.99. The molecule has 0 spiro atoms. The standard InChI is InChI=1S/C26H37Si2.C12H9Si.2ClH.Zr/c1-10-18(2)21-13-20-12-11-19(3)26(25(20)16-21)22-14-23(27(4,5)6)17-24(15-22)28(7,8)9;1-3-7-11-9(5-1)10-6-2-4-8-12(10)13-11;;;/h11-18H,10H2,1-9H3;1-7H,13H2;2*1H;/q;;;;+2/p-2. The van der Waals surface area contributed by atoms with E-state index in [-0.39, 0.29) is 3.63 Å². The molecule has 0 saturated carbocycles. The molecule has 0 nitrogen and oxygen atoms in total. The number of fused-ring (bicyclic) bond motifs is 4. The zero-order chi connectivity index (χ0) is 31.8. The van der Waals surface area contributed by atoms with Gasteiger partial charge in [0.15, 0.2) is 0 Å². The number of halogens is 2. The van der Waals surface area contributed by atoms with Crippen molar-refractivity contribution in [1.29, 1.82) is 0 Å². The summed E-state index contributed by atoms with van der Waals surface area (Å²) >= 11 is -4.04. The van der Waals surface area contributed by atoms with Gasteiger partial charge in [0.25, 0.3) is 0 Å². The number of hydrogen-bond donors (Lipinski definition) is 0. The monoisotopic (exact) mass is 746 g/mol. The van der Waals surface area contributed by atoms with Crippen LogP contribution in [0, 0.1) is 12.8 Å².